The van der Waals surface area contributed by atoms with Gasteiger partial charge in [0, 0.05) is 23.5 Å². The van der Waals surface area contributed by atoms with Crippen molar-refractivity contribution >= 4 is 17.6 Å². The lowest BCUT2D eigenvalue weighted by Gasteiger charge is -2.30. The van der Waals surface area contributed by atoms with E-state index in [-0.39, 0.29) is 17.7 Å². The molecule has 0 heterocycles. The molecule has 2 aliphatic carbocycles. The SMILES string of the molecule is CCc1ccc(NC(=O)[C@H]2[C@H]3CC[C@@H](C3)[C@@H]2C(=O)[O-])cc1. The van der Waals surface area contributed by atoms with Crippen LogP contribution in [-0.2, 0) is 16.0 Å². The Bertz CT molecular complexity index is 552. The topological polar surface area (TPSA) is 69.2 Å². The highest BCUT2D eigenvalue weighted by molar-refractivity contribution is 5.95. The summed E-state index contributed by atoms with van der Waals surface area (Å²) >= 11 is 0. The van der Waals surface area contributed by atoms with Gasteiger partial charge in [0.05, 0.1) is 0 Å². The van der Waals surface area contributed by atoms with Crippen LogP contribution < -0.4 is 10.4 Å². The number of carboxylic acids is 1. The van der Waals surface area contributed by atoms with Crippen LogP contribution in [0.25, 0.3) is 0 Å². The summed E-state index contributed by atoms with van der Waals surface area (Å²) in [7, 11) is 0. The second kappa shape index (κ2) is 5.51. The quantitative estimate of drug-likeness (QED) is 0.914. The molecular formula is C17H20NO3-. The average Bonchev–Trinajstić information content (AvgIpc) is 3.08. The van der Waals surface area contributed by atoms with Crippen molar-refractivity contribution in [1.82, 2.24) is 0 Å². The summed E-state index contributed by atoms with van der Waals surface area (Å²) in [5.41, 5.74) is 1.94. The largest absolute Gasteiger partial charge is 0.550 e. The fourth-order valence-electron chi connectivity index (χ4n) is 4.06. The lowest BCUT2D eigenvalue weighted by molar-refractivity contribution is -0.314. The number of aryl methyl sites for hydroxylation is 1. The fourth-order valence-corrected chi connectivity index (χ4v) is 4.06. The second-order valence-electron chi connectivity index (χ2n) is 6.24. The van der Waals surface area contributed by atoms with Crippen molar-refractivity contribution in [3.05, 3.63) is 29.8 Å². The molecule has 2 fully saturated rings. The van der Waals surface area contributed by atoms with Crippen LogP contribution in [0.2, 0.25) is 0 Å². The van der Waals surface area contributed by atoms with Crippen LogP contribution in [0.15, 0.2) is 24.3 Å². The van der Waals surface area contributed by atoms with E-state index in [2.05, 4.69) is 12.2 Å². The fraction of sp³-hybridized carbons (Fsp3) is 0.529. The number of carbonyl (C=O) groups is 2. The summed E-state index contributed by atoms with van der Waals surface area (Å²) < 4.78 is 0. The van der Waals surface area contributed by atoms with Gasteiger partial charge < -0.3 is 15.2 Å². The van der Waals surface area contributed by atoms with Gasteiger partial charge in [0.15, 0.2) is 0 Å². The minimum Gasteiger partial charge on any atom is -0.550 e. The summed E-state index contributed by atoms with van der Waals surface area (Å²) in [6.45, 7) is 2.08. The molecule has 0 aromatic heterocycles. The van der Waals surface area contributed by atoms with Gasteiger partial charge in [-0.2, -0.15) is 0 Å². The lowest BCUT2D eigenvalue weighted by Crippen LogP contribution is -2.43. The van der Waals surface area contributed by atoms with Crippen molar-refractivity contribution in [1.29, 1.82) is 0 Å². The van der Waals surface area contributed by atoms with E-state index in [9.17, 15) is 14.7 Å². The van der Waals surface area contributed by atoms with Gasteiger partial charge in [-0.1, -0.05) is 19.1 Å². The monoisotopic (exact) mass is 286 g/mol. The predicted octanol–water partition coefficient (Wildman–Crippen LogP) is 1.60. The number of hydrogen-bond acceptors (Lipinski definition) is 3. The zero-order chi connectivity index (χ0) is 15.0. The Balaban J connectivity index is 1.73. The Labute approximate surface area is 124 Å². The first-order valence-corrected chi connectivity index (χ1v) is 7.70. The summed E-state index contributed by atoms with van der Waals surface area (Å²) in [6, 6.07) is 7.70. The van der Waals surface area contributed by atoms with E-state index in [0.29, 0.717) is 0 Å². The summed E-state index contributed by atoms with van der Waals surface area (Å²) in [5, 5.41) is 14.2. The van der Waals surface area contributed by atoms with Gasteiger partial charge in [0.25, 0.3) is 0 Å². The number of hydrogen-bond donors (Lipinski definition) is 1. The Kier molecular flexibility index (Phi) is 3.70. The summed E-state index contributed by atoms with van der Waals surface area (Å²) in [5.74, 6) is -1.95. The number of amides is 1. The number of carbonyl (C=O) groups excluding carboxylic acids is 2. The van der Waals surface area contributed by atoms with Crippen molar-refractivity contribution in [3.63, 3.8) is 0 Å². The minimum absolute atomic E-state index is 0.123. The third-order valence-corrected chi connectivity index (χ3v) is 5.12. The van der Waals surface area contributed by atoms with Gasteiger partial charge in [-0.3, -0.25) is 4.79 Å². The van der Waals surface area contributed by atoms with Gasteiger partial charge in [-0.15, -0.1) is 0 Å². The number of anilines is 1. The molecule has 2 aliphatic rings. The highest BCUT2D eigenvalue weighted by atomic mass is 16.4. The van der Waals surface area contributed by atoms with Crippen molar-refractivity contribution in [2.45, 2.75) is 32.6 Å². The molecule has 4 nitrogen and oxygen atoms in total. The molecule has 0 saturated heterocycles. The van der Waals surface area contributed by atoms with E-state index in [1.807, 2.05) is 24.3 Å². The average molecular weight is 286 g/mol. The number of fused-ring (bicyclic) bond motifs is 2. The summed E-state index contributed by atoms with van der Waals surface area (Å²) in [6.07, 6.45) is 3.68. The first kappa shape index (κ1) is 14.1. The van der Waals surface area contributed by atoms with Crippen LogP contribution in [-0.4, -0.2) is 11.9 Å². The molecular weight excluding hydrogens is 266 g/mol. The van der Waals surface area contributed by atoms with E-state index >= 15 is 0 Å². The van der Waals surface area contributed by atoms with E-state index < -0.39 is 17.8 Å². The van der Waals surface area contributed by atoms with Gasteiger partial charge in [-0.25, -0.2) is 0 Å². The van der Waals surface area contributed by atoms with E-state index in [0.717, 1.165) is 31.4 Å². The van der Waals surface area contributed by atoms with Crippen molar-refractivity contribution < 1.29 is 14.7 Å². The van der Waals surface area contributed by atoms with E-state index in [4.69, 9.17) is 0 Å². The molecule has 3 rings (SSSR count). The van der Waals surface area contributed by atoms with Crippen molar-refractivity contribution in [2.75, 3.05) is 5.32 Å². The highest BCUT2D eigenvalue weighted by Crippen LogP contribution is 2.52. The van der Waals surface area contributed by atoms with Crippen LogP contribution in [0, 0.1) is 23.7 Å². The Hall–Kier alpha value is -1.84. The molecule has 1 N–H and O–H groups in total. The number of carboxylic acid groups (broad SMARTS) is 1. The third kappa shape index (κ3) is 2.55. The zero-order valence-corrected chi connectivity index (χ0v) is 12.2. The number of benzene rings is 1. The maximum Gasteiger partial charge on any atom is 0.228 e. The third-order valence-electron chi connectivity index (χ3n) is 5.12. The maximum absolute atomic E-state index is 12.5. The number of aliphatic carboxylic acids is 1. The summed E-state index contributed by atoms with van der Waals surface area (Å²) in [4.78, 5) is 23.8. The maximum atomic E-state index is 12.5. The van der Waals surface area contributed by atoms with Crippen LogP contribution in [0.1, 0.15) is 31.7 Å². The second-order valence-corrected chi connectivity index (χ2v) is 6.24. The molecule has 0 aliphatic heterocycles. The molecule has 1 aromatic carbocycles. The number of nitrogens with one attached hydrogen (secondary N) is 1. The molecule has 0 unspecified atom stereocenters. The lowest BCUT2D eigenvalue weighted by atomic mass is 9.78. The molecule has 21 heavy (non-hydrogen) atoms. The molecule has 1 amide bonds. The molecule has 0 radical (unpaired) electrons. The van der Waals surface area contributed by atoms with Crippen molar-refractivity contribution in [3.8, 4) is 0 Å². The van der Waals surface area contributed by atoms with E-state index in [1.54, 1.807) is 0 Å². The van der Waals surface area contributed by atoms with E-state index in [1.165, 1.54) is 5.56 Å². The van der Waals surface area contributed by atoms with Crippen LogP contribution in [0.4, 0.5) is 5.69 Å². The molecule has 2 saturated carbocycles. The first-order valence-electron chi connectivity index (χ1n) is 7.70. The Morgan fingerprint density at radius 1 is 1.14 bits per heavy atom. The van der Waals surface area contributed by atoms with Gasteiger partial charge in [0.2, 0.25) is 5.91 Å². The highest BCUT2D eigenvalue weighted by Gasteiger charge is 2.51. The van der Waals surface area contributed by atoms with Gasteiger partial charge in [-0.05, 0) is 55.2 Å². The van der Waals surface area contributed by atoms with Gasteiger partial charge >= 0.3 is 0 Å². The van der Waals surface area contributed by atoms with Crippen LogP contribution in [0.5, 0.6) is 0 Å². The van der Waals surface area contributed by atoms with Gasteiger partial charge in [0.1, 0.15) is 0 Å². The Morgan fingerprint density at radius 2 is 1.76 bits per heavy atom. The minimum atomic E-state index is -1.07. The zero-order valence-electron chi connectivity index (χ0n) is 12.2. The molecule has 4 heteroatoms. The molecule has 0 spiro atoms. The smallest absolute Gasteiger partial charge is 0.228 e. The molecule has 4 atom stereocenters. The predicted molar refractivity (Wildman–Crippen MR) is 77.3 cm³/mol. The number of rotatable bonds is 4. The standard InChI is InChI=1S/C17H21NO3/c1-2-10-3-7-13(8-4-10)18-16(19)14-11-5-6-12(9-11)15(14)17(20)21/h3-4,7-8,11-12,14-15H,2,5-6,9H2,1H3,(H,18,19)(H,20,21)/p-1/t11-,12-,14-,15-/m0/s1. The first-order chi connectivity index (χ1) is 10.1. The van der Waals surface area contributed by atoms with Crippen LogP contribution >= 0.6 is 0 Å². The normalized spacial score (nSPS) is 30.3. The molecule has 1 aromatic rings. The molecule has 112 valence electrons. The Morgan fingerprint density at radius 3 is 2.33 bits per heavy atom. The van der Waals surface area contributed by atoms with Crippen molar-refractivity contribution in [2.24, 2.45) is 23.7 Å². The van der Waals surface area contributed by atoms with Crippen LogP contribution in [0.3, 0.4) is 0 Å². The molecule has 2 bridgehead atoms.